The van der Waals surface area contributed by atoms with Gasteiger partial charge in [-0.3, -0.25) is 0 Å². The second-order valence-electron chi connectivity index (χ2n) is 5.97. The first-order valence-electron chi connectivity index (χ1n) is 8.10. The second-order valence-corrected chi connectivity index (χ2v) is 5.97. The highest BCUT2D eigenvalue weighted by Crippen LogP contribution is 2.32. The highest BCUT2D eigenvalue weighted by Gasteiger charge is 2.20. The lowest BCUT2D eigenvalue weighted by Gasteiger charge is -2.19. The molecule has 1 aliphatic carbocycles. The number of hydrogen-bond donors (Lipinski definition) is 1. The molecule has 2 aromatic carbocycles. The molecule has 0 bridgehead atoms. The van der Waals surface area contributed by atoms with Gasteiger partial charge in [-0.1, -0.05) is 30.3 Å². The van der Waals surface area contributed by atoms with Crippen LogP contribution in [-0.2, 0) is 12.8 Å². The lowest BCUT2D eigenvalue weighted by molar-refractivity contribution is 0.171. The quantitative estimate of drug-likeness (QED) is 0.939. The first-order valence-corrected chi connectivity index (χ1v) is 8.10. The monoisotopic (exact) mass is 295 g/mol. The third-order valence-corrected chi connectivity index (χ3v) is 4.54. The number of rotatable bonds is 4. The normalized spacial score (nSPS) is 19.0. The largest absolute Gasteiger partial charge is 0.486 e. The molecular weight excluding hydrogens is 274 g/mol. The molecule has 1 N–H and O–H groups in total. The summed E-state index contributed by atoms with van der Waals surface area (Å²) < 4.78 is 11.2. The van der Waals surface area contributed by atoms with Crippen LogP contribution >= 0.6 is 0 Å². The van der Waals surface area contributed by atoms with Crippen molar-refractivity contribution in [1.29, 1.82) is 0 Å². The summed E-state index contributed by atoms with van der Waals surface area (Å²) in [5.41, 5.74) is 4.27. The van der Waals surface area contributed by atoms with Gasteiger partial charge in [-0.25, -0.2) is 0 Å². The average molecular weight is 295 g/mol. The van der Waals surface area contributed by atoms with Gasteiger partial charge in [-0.15, -0.1) is 0 Å². The molecule has 0 amide bonds. The third-order valence-electron chi connectivity index (χ3n) is 4.54. The van der Waals surface area contributed by atoms with E-state index in [1.807, 2.05) is 6.07 Å². The van der Waals surface area contributed by atoms with Gasteiger partial charge in [-0.2, -0.15) is 0 Å². The van der Waals surface area contributed by atoms with Crippen molar-refractivity contribution in [3.63, 3.8) is 0 Å². The van der Waals surface area contributed by atoms with Gasteiger partial charge in [0.25, 0.3) is 0 Å². The summed E-state index contributed by atoms with van der Waals surface area (Å²) in [6, 6.07) is 15.6. The summed E-state index contributed by atoms with van der Waals surface area (Å²) in [6.45, 7) is 2.28. The third kappa shape index (κ3) is 2.69. The molecular formula is C19H21NO2. The summed E-state index contributed by atoms with van der Waals surface area (Å²) in [7, 11) is 0. The van der Waals surface area contributed by atoms with Crippen molar-refractivity contribution in [2.45, 2.75) is 25.3 Å². The van der Waals surface area contributed by atoms with Gasteiger partial charge in [-0.05, 0) is 54.6 Å². The van der Waals surface area contributed by atoms with Crippen molar-refractivity contribution in [3.05, 3.63) is 59.2 Å². The van der Waals surface area contributed by atoms with Crippen molar-refractivity contribution in [2.75, 3.05) is 19.8 Å². The van der Waals surface area contributed by atoms with Crippen LogP contribution in [0.5, 0.6) is 11.5 Å². The predicted octanol–water partition coefficient (Wildman–Crippen LogP) is 3.28. The lowest BCUT2D eigenvalue weighted by Crippen LogP contribution is -2.22. The van der Waals surface area contributed by atoms with Crippen LogP contribution in [0.25, 0.3) is 0 Å². The van der Waals surface area contributed by atoms with Crippen LogP contribution in [0, 0.1) is 0 Å². The Morgan fingerprint density at radius 3 is 2.82 bits per heavy atom. The molecule has 0 saturated heterocycles. The fourth-order valence-electron chi connectivity index (χ4n) is 3.40. The van der Waals surface area contributed by atoms with Crippen molar-refractivity contribution in [2.24, 2.45) is 0 Å². The predicted molar refractivity (Wildman–Crippen MR) is 86.6 cm³/mol. The SMILES string of the molecule is c1ccc2c(c1)CCC2NCCc1ccc2c(c1)OCCO2. The maximum atomic E-state index is 5.64. The maximum Gasteiger partial charge on any atom is 0.161 e. The Kier molecular flexibility index (Phi) is 3.73. The molecule has 0 spiro atoms. The molecule has 1 atom stereocenters. The van der Waals surface area contributed by atoms with Gasteiger partial charge in [0, 0.05) is 6.04 Å². The minimum Gasteiger partial charge on any atom is -0.486 e. The van der Waals surface area contributed by atoms with Gasteiger partial charge < -0.3 is 14.8 Å². The minimum atomic E-state index is 0.508. The second kappa shape index (κ2) is 6.01. The van der Waals surface area contributed by atoms with E-state index in [1.165, 1.54) is 29.5 Å². The van der Waals surface area contributed by atoms with Crippen LogP contribution in [0.15, 0.2) is 42.5 Å². The molecule has 3 heteroatoms. The van der Waals surface area contributed by atoms with Gasteiger partial charge >= 0.3 is 0 Å². The molecule has 0 saturated carbocycles. The Bertz CT molecular complexity index is 668. The number of aryl methyl sites for hydroxylation is 1. The number of fused-ring (bicyclic) bond motifs is 2. The number of ether oxygens (including phenoxy) is 2. The number of nitrogens with one attached hydrogen (secondary N) is 1. The van der Waals surface area contributed by atoms with E-state index in [0.717, 1.165) is 24.5 Å². The van der Waals surface area contributed by atoms with Crippen LogP contribution in [-0.4, -0.2) is 19.8 Å². The van der Waals surface area contributed by atoms with Crippen molar-refractivity contribution in [1.82, 2.24) is 5.32 Å². The number of hydrogen-bond acceptors (Lipinski definition) is 3. The maximum absolute atomic E-state index is 5.64. The van der Waals surface area contributed by atoms with Crippen molar-refractivity contribution in [3.8, 4) is 11.5 Å². The Hall–Kier alpha value is -2.00. The molecule has 1 heterocycles. The molecule has 0 radical (unpaired) electrons. The van der Waals surface area contributed by atoms with Crippen LogP contribution in [0.3, 0.4) is 0 Å². The summed E-state index contributed by atoms with van der Waals surface area (Å²) in [6.07, 6.45) is 3.41. The van der Waals surface area contributed by atoms with Gasteiger partial charge in [0.2, 0.25) is 0 Å². The Labute approximate surface area is 131 Å². The Morgan fingerprint density at radius 2 is 1.86 bits per heavy atom. The van der Waals surface area contributed by atoms with Gasteiger partial charge in [0.1, 0.15) is 13.2 Å². The zero-order chi connectivity index (χ0) is 14.8. The first-order chi connectivity index (χ1) is 10.9. The average Bonchev–Trinajstić information content (AvgIpc) is 2.98. The number of benzene rings is 2. The molecule has 4 rings (SSSR count). The smallest absolute Gasteiger partial charge is 0.161 e. The van der Waals surface area contributed by atoms with Gasteiger partial charge in [0.05, 0.1) is 0 Å². The van der Waals surface area contributed by atoms with E-state index in [-0.39, 0.29) is 0 Å². The van der Waals surface area contributed by atoms with E-state index in [2.05, 4.69) is 41.7 Å². The molecule has 1 unspecified atom stereocenters. The molecule has 0 fully saturated rings. The zero-order valence-corrected chi connectivity index (χ0v) is 12.7. The first kappa shape index (κ1) is 13.6. The lowest BCUT2D eigenvalue weighted by atomic mass is 10.1. The topological polar surface area (TPSA) is 30.5 Å². The molecule has 1 aliphatic heterocycles. The molecule has 3 nitrogen and oxygen atoms in total. The van der Waals surface area contributed by atoms with E-state index in [4.69, 9.17) is 9.47 Å². The zero-order valence-electron chi connectivity index (χ0n) is 12.7. The highest BCUT2D eigenvalue weighted by atomic mass is 16.6. The standard InChI is InChI=1S/C19H21NO2/c1-2-4-16-15(3-1)6-7-17(16)20-10-9-14-5-8-18-19(13-14)22-12-11-21-18/h1-5,8,13,17,20H,6-7,9-12H2. The summed E-state index contributed by atoms with van der Waals surface area (Å²) in [5, 5.41) is 3.69. The highest BCUT2D eigenvalue weighted by molar-refractivity contribution is 5.44. The van der Waals surface area contributed by atoms with E-state index in [0.29, 0.717) is 19.3 Å². The van der Waals surface area contributed by atoms with Crippen LogP contribution in [0.2, 0.25) is 0 Å². The van der Waals surface area contributed by atoms with E-state index < -0.39 is 0 Å². The van der Waals surface area contributed by atoms with E-state index >= 15 is 0 Å². The van der Waals surface area contributed by atoms with E-state index in [1.54, 1.807) is 0 Å². The van der Waals surface area contributed by atoms with Crippen LogP contribution in [0.1, 0.15) is 29.2 Å². The fraction of sp³-hybridized carbons (Fsp3) is 0.368. The van der Waals surface area contributed by atoms with Crippen LogP contribution in [0.4, 0.5) is 0 Å². The van der Waals surface area contributed by atoms with Crippen LogP contribution < -0.4 is 14.8 Å². The molecule has 22 heavy (non-hydrogen) atoms. The fourth-order valence-corrected chi connectivity index (χ4v) is 3.40. The minimum absolute atomic E-state index is 0.508. The Morgan fingerprint density at radius 1 is 1.00 bits per heavy atom. The molecule has 114 valence electrons. The molecule has 2 aromatic rings. The Balaban J connectivity index is 1.36. The molecule has 2 aliphatic rings. The summed E-state index contributed by atoms with van der Waals surface area (Å²) >= 11 is 0. The summed E-state index contributed by atoms with van der Waals surface area (Å²) in [5.74, 6) is 1.75. The van der Waals surface area contributed by atoms with Gasteiger partial charge in [0.15, 0.2) is 11.5 Å². The van der Waals surface area contributed by atoms with Crippen molar-refractivity contribution < 1.29 is 9.47 Å². The molecule has 0 aromatic heterocycles. The van der Waals surface area contributed by atoms with Crippen molar-refractivity contribution >= 4 is 0 Å². The van der Waals surface area contributed by atoms with E-state index in [9.17, 15) is 0 Å². The summed E-state index contributed by atoms with van der Waals surface area (Å²) in [4.78, 5) is 0.